The summed E-state index contributed by atoms with van der Waals surface area (Å²) in [5.74, 6) is -0.122. The molecule has 8 heteroatoms. The van der Waals surface area contributed by atoms with Gasteiger partial charge in [-0.3, -0.25) is 19.3 Å². The molecule has 2 aromatic carbocycles. The van der Waals surface area contributed by atoms with Crippen LogP contribution in [0.1, 0.15) is 17.3 Å². The largest absolute Gasteiger partial charge is 0.482 e. The second kappa shape index (κ2) is 7.84. The van der Waals surface area contributed by atoms with E-state index in [1.54, 1.807) is 35.8 Å². The van der Waals surface area contributed by atoms with Crippen molar-refractivity contribution in [2.75, 3.05) is 23.4 Å². The van der Waals surface area contributed by atoms with Crippen molar-refractivity contribution < 1.29 is 19.1 Å². The quantitative estimate of drug-likeness (QED) is 0.655. The number of anilines is 2. The number of hydrogen-bond acceptors (Lipinski definition) is 6. The fourth-order valence-electron chi connectivity index (χ4n) is 3.07. The van der Waals surface area contributed by atoms with Crippen LogP contribution in [0.25, 0.3) is 11.3 Å². The number of benzene rings is 2. The normalized spacial score (nSPS) is 12.9. The molecular weight excluding hydrogens is 390 g/mol. The molecule has 0 aliphatic carbocycles. The Bertz CT molecular complexity index is 1080. The van der Waals surface area contributed by atoms with Gasteiger partial charge in [-0.2, -0.15) is 0 Å². The summed E-state index contributed by atoms with van der Waals surface area (Å²) >= 11 is 1.48. The summed E-state index contributed by atoms with van der Waals surface area (Å²) in [4.78, 5) is 42.1. The molecule has 0 saturated heterocycles. The van der Waals surface area contributed by atoms with E-state index in [0.717, 1.165) is 11.3 Å². The van der Waals surface area contributed by atoms with Crippen LogP contribution in [0.4, 0.5) is 11.4 Å². The molecule has 0 radical (unpaired) electrons. The maximum atomic E-state index is 12.8. The minimum Gasteiger partial charge on any atom is -0.482 e. The first-order chi connectivity index (χ1) is 14.0. The SMILES string of the molecule is CC(=O)Nc1ccc(C(=O)CN2C(=O)COc3ccc(-c4cscn4)cc32)cc1. The maximum absolute atomic E-state index is 12.8. The lowest BCUT2D eigenvalue weighted by molar-refractivity contribution is -0.121. The van der Waals surface area contributed by atoms with Crippen LogP contribution in [0.5, 0.6) is 5.75 Å². The number of thiazole rings is 1. The number of carbonyl (C=O) groups excluding carboxylic acids is 3. The number of rotatable bonds is 5. The van der Waals surface area contributed by atoms with Crippen molar-refractivity contribution in [3.8, 4) is 17.0 Å². The lowest BCUT2D eigenvalue weighted by Crippen LogP contribution is -2.42. The Balaban J connectivity index is 1.58. The highest BCUT2D eigenvalue weighted by Gasteiger charge is 2.28. The van der Waals surface area contributed by atoms with Gasteiger partial charge in [-0.15, -0.1) is 11.3 Å². The standard InChI is InChI=1S/C21H17N3O4S/c1-13(25)23-16-5-2-14(3-6-16)19(26)9-24-18-8-15(17-11-29-12-22-17)4-7-20(18)28-10-21(24)27/h2-8,11-12H,9-10H2,1H3,(H,23,25). The Labute approximate surface area is 170 Å². The van der Waals surface area contributed by atoms with Gasteiger partial charge in [-0.1, -0.05) is 0 Å². The Morgan fingerprint density at radius 1 is 1.21 bits per heavy atom. The lowest BCUT2D eigenvalue weighted by Gasteiger charge is -2.29. The topological polar surface area (TPSA) is 88.6 Å². The zero-order valence-electron chi connectivity index (χ0n) is 15.5. The van der Waals surface area contributed by atoms with E-state index in [2.05, 4.69) is 10.3 Å². The van der Waals surface area contributed by atoms with Gasteiger partial charge in [0.05, 0.1) is 23.4 Å². The number of nitrogens with one attached hydrogen (secondary N) is 1. The average molecular weight is 407 g/mol. The van der Waals surface area contributed by atoms with Crippen molar-refractivity contribution in [2.45, 2.75) is 6.92 Å². The number of nitrogens with zero attached hydrogens (tertiary/aromatic N) is 2. The van der Waals surface area contributed by atoms with Gasteiger partial charge in [0, 0.05) is 29.1 Å². The van der Waals surface area contributed by atoms with E-state index < -0.39 is 0 Å². The van der Waals surface area contributed by atoms with Gasteiger partial charge in [0.2, 0.25) is 5.91 Å². The van der Waals surface area contributed by atoms with E-state index in [9.17, 15) is 14.4 Å². The molecule has 3 aromatic rings. The highest BCUT2D eigenvalue weighted by atomic mass is 32.1. The molecule has 1 N–H and O–H groups in total. The summed E-state index contributed by atoms with van der Waals surface area (Å²) in [6.07, 6.45) is 0. The molecule has 0 atom stereocenters. The molecule has 0 spiro atoms. The second-order valence-electron chi connectivity index (χ2n) is 6.51. The second-order valence-corrected chi connectivity index (χ2v) is 7.23. The third-order valence-electron chi connectivity index (χ3n) is 4.46. The van der Waals surface area contributed by atoms with Crippen molar-refractivity contribution in [2.24, 2.45) is 0 Å². The van der Waals surface area contributed by atoms with Crippen LogP contribution in [-0.2, 0) is 9.59 Å². The molecule has 146 valence electrons. The molecule has 0 bridgehead atoms. The van der Waals surface area contributed by atoms with Crippen molar-refractivity contribution >= 4 is 40.3 Å². The van der Waals surface area contributed by atoms with Gasteiger partial charge in [-0.05, 0) is 42.5 Å². The number of carbonyl (C=O) groups is 3. The number of amides is 2. The summed E-state index contributed by atoms with van der Waals surface area (Å²) in [7, 11) is 0. The van der Waals surface area contributed by atoms with Gasteiger partial charge in [0.25, 0.3) is 5.91 Å². The summed E-state index contributed by atoms with van der Waals surface area (Å²) in [5.41, 5.74) is 5.00. The van der Waals surface area contributed by atoms with Crippen molar-refractivity contribution in [1.29, 1.82) is 0 Å². The van der Waals surface area contributed by atoms with E-state index in [1.165, 1.54) is 23.2 Å². The van der Waals surface area contributed by atoms with E-state index in [-0.39, 0.29) is 30.7 Å². The fraction of sp³-hybridized carbons (Fsp3) is 0.143. The first-order valence-electron chi connectivity index (χ1n) is 8.88. The third-order valence-corrected chi connectivity index (χ3v) is 5.05. The Morgan fingerprint density at radius 2 is 2.00 bits per heavy atom. The van der Waals surface area contributed by atoms with Crippen LogP contribution in [0.15, 0.2) is 53.4 Å². The zero-order chi connectivity index (χ0) is 20.4. The Hall–Kier alpha value is -3.52. The average Bonchev–Trinajstić information content (AvgIpc) is 3.24. The molecule has 2 amide bonds. The van der Waals surface area contributed by atoms with Gasteiger partial charge in [0.15, 0.2) is 12.4 Å². The molecule has 29 heavy (non-hydrogen) atoms. The summed E-state index contributed by atoms with van der Waals surface area (Å²) < 4.78 is 5.52. The molecule has 0 fully saturated rings. The number of ketones is 1. The lowest BCUT2D eigenvalue weighted by atomic mass is 10.1. The summed E-state index contributed by atoms with van der Waals surface area (Å²) in [6.45, 7) is 1.20. The van der Waals surface area contributed by atoms with Gasteiger partial charge >= 0.3 is 0 Å². The van der Waals surface area contributed by atoms with Crippen LogP contribution in [0.2, 0.25) is 0 Å². The molecule has 2 heterocycles. The summed E-state index contributed by atoms with van der Waals surface area (Å²) in [5, 5.41) is 4.57. The van der Waals surface area contributed by atoms with Crippen LogP contribution in [0, 0.1) is 0 Å². The van der Waals surface area contributed by atoms with Crippen molar-refractivity contribution in [3.05, 3.63) is 58.9 Å². The van der Waals surface area contributed by atoms with Crippen molar-refractivity contribution in [1.82, 2.24) is 4.98 Å². The molecular formula is C21H17N3O4S. The molecule has 1 aliphatic rings. The van der Waals surface area contributed by atoms with Crippen LogP contribution in [-0.4, -0.2) is 35.7 Å². The van der Waals surface area contributed by atoms with Crippen molar-refractivity contribution in [3.63, 3.8) is 0 Å². The monoisotopic (exact) mass is 407 g/mol. The predicted octanol–water partition coefficient (Wildman–Crippen LogP) is 3.38. The predicted molar refractivity (Wildman–Crippen MR) is 110 cm³/mol. The smallest absolute Gasteiger partial charge is 0.265 e. The molecule has 4 rings (SSSR count). The molecule has 1 aromatic heterocycles. The molecule has 0 unspecified atom stereocenters. The van der Waals surface area contributed by atoms with Crippen LogP contribution in [0.3, 0.4) is 0 Å². The number of fused-ring (bicyclic) bond motifs is 1. The molecule has 1 aliphatic heterocycles. The van der Waals surface area contributed by atoms with Crippen LogP contribution < -0.4 is 15.0 Å². The zero-order valence-corrected chi connectivity index (χ0v) is 16.4. The van der Waals surface area contributed by atoms with Crippen LogP contribution >= 0.6 is 11.3 Å². The number of hydrogen-bond donors (Lipinski definition) is 1. The summed E-state index contributed by atoms with van der Waals surface area (Å²) in [6, 6.07) is 12.1. The number of ether oxygens (including phenoxy) is 1. The van der Waals surface area contributed by atoms with E-state index in [1.807, 2.05) is 17.5 Å². The van der Waals surface area contributed by atoms with E-state index >= 15 is 0 Å². The van der Waals surface area contributed by atoms with Gasteiger partial charge in [0.1, 0.15) is 5.75 Å². The first kappa shape index (κ1) is 18.8. The molecule has 7 nitrogen and oxygen atoms in total. The highest BCUT2D eigenvalue weighted by Crippen LogP contribution is 2.36. The van der Waals surface area contributed by atoms with Gasteiger partial charge in [-0.25, -0.2) is 4.98 Å². The number of Topliss-reactive ketones (excluding diaryl/α,β-unsaturated/α-hetero) is 1. The number of aromatic nitrogens is 1. The molecule has 0 saturated carbocycles. The third kappa shape index (κ3) is 4.02. The van der Waals surface area contributed by atoms with E-state index in [4.69, 9.17) is 4.74 Å². The first-order valence-corrected chi connectivity index (χ1v) is 9.82. The van der Waals surface area contributed by atoms with E-state index in [0.29, 0.717) is 22.7 Å². The maximum Gasteiger partial charge on any atom is 0.265 e. The minimum atomic E-state index is -0.281. The minimum absolute atomic E-state index is 0.102. The highest BCUT2D eigenvalue weighted by molar-refractivity contribution is 7.07. The Kier molecular flexibility index (Phi) is 5.09. The van der Waals surface area contributed by atoms with Gasteiger partial charge < -0.3 is 10.1 Å². The fourth-order valence-corrected chi connectivity index (χ4v) is 3.63. The Morgan fingerprint density at radius 3 is 2.69 bits per heavy atom.